The van der Waals surface area contributed by atoms with E-state index < -0.39 is 16.0 Å². The van der Waals surface area contributed by atoms with Crippen molar-refractivity contribution in [3.63, 3.8) is 0 Å². The maximum Gasteiger partial charge on any atom is 0.344 e. The molecule has 0 amide bonds. The number of esters is 1. The van der Waals surface area contributed by atoms with E-state index in [9.17, 15) is 13.2 Å². The number of hydrogen-bond acceptors (Lipinski definition) is 6. The second-order valence-corrected chi connectivity index (χ2v) is 9.41. The van der Waals surface area contributed by atoms with E-state index in [1.54, 1.807) is 24.3 Å². The predicted octanol–water partition coefficient (Wildman–Crippen LogP) is 3.50. The zero-order chi connectivity index (χ0) is 23.1. The van der Waals surface area contributed by atoms with Gasteiger partial charge in [-0.2, -0.15) is 4.31 Å². The molecule has 172 valence electrons. The summed E-state index contributed by atoms with van der Waals surface area (Å²) in [6.45, 7) is 1.10. The molecule has 0 atom stereocenters. The summed E-state index contributed by atoms with van der Waals surface area (Å²) in [6.07, 6.45) is 0. The maximum absolute atomic E-state index is 12.8. The number of carbonyl (C=O) groups excluding carboxylic acids is 1. The molecule has 1 aliphatic rings. The quantitative estimate of drug-likeness (QED) is 0.472. The molecule has 33 heavy (non-hydrogen) atoms. The number of carbonyl (C=O) groups is 1. The van der Waals surface area contributed by atoms with E-state index in [0.717, 1.165) is 11.1 Å². The van der Waals surface area contributed by atoms with Gasteiger partial charge in [0.05, 0.1) is 18.1 Å². The third kappa shape index (κ3) is 5.78. The number of hydrogen-bond donors (Lipinski definition) is 0. The van der Waals surface area contributed by atoms with E-state index >= 15 is 0 Å². The van der Waals surface area contributed by atoms with Gasteiger partial charge >= 0.3 is 5.97 Å². The first kappa shape index (κ1) is 23.0. The Labute approximate surface area is 193 Å². The molecule has 0 saturated carbocycles. The van der Waals surface area contributed by atoms with Crippen molar-refractivity contribution >= 4 is 16.0 Å². The topological polar surface area (TPSA) is 82.1 Å². The summed E-state index contributed by atoms with van der Waals surface area (Å²) in [6, 6.07) is 23.7. The number of rotatable bonds is 8. The number of ether oxygens (including phenoxy) is 3. The van der Waals surface area contributed by atoms with Gasteiger partial charge in [-0.1, -0.05) is 60.7 Å². The molecule has 1 saturated heterocycles. The van der Waals surface area contributed by atoms with Crippen LogP contribution >= 0.6 is 0 Å². The molecule has 0 radical (unpaired) electrons. The summed E-state index contributed by atoms with van der Waals surface area (Å²) in [5, 5.41) is 0. The minimum Gasteiger partial charge on any atom is -0.481 e. The van der Waals surface area contributed by atoms with Crippen LogP contribution in [0.4, 0.5) is 0 Å². The summed E-state index contributed by atoms with van der Waals surface area (Å²) in [4.78, 5) is 12.5. The Morgan fingerprint density at radius 1 is 0.909 bits per heavy atom. The second kappa shape index (κ2) is 10.6. The predicted molar refractivity (Wildman–Crippen MR) is 123 cm³/mol. The van der Waals surface area contributed by atoms with E-state index in [2.05, 4.69) is 0 Å². The van der Waals surface area contributed by atoms with Crippen LogP contribution in [0.15, 0.2) is 83.8 Å². The lowest BCUT2D eigenvalue weighted by Crippen LogP contribution is -2.40. The maximum atomic E-state index is 12.8. The van der Waals surface area contributed by atoms with Gasteiger partial charge in [0.1, 0.15) is 12.4 Å². The Balaban J connectivity index is 1.35. The van der Waals surface area contributed by atoms with Gasteiger partial charge in [0.25, 0.3) is 0 Å². The molecule has 0 N–H and O–H groups in total. The zero-order valence-corrected chi connectivity index (χ0v) is 18.9. The largest absolute Gasteiger partial charge is 0.481 e. The monoisotopic (exact) mass is 467 g/mol. The summed E-state index contributed by atoms with van der Waals surface area (Å²) in [5.74, 6) is 0.0403. The van der Waals surface area contributed by atoms with Gasteiger partial charge in [0.2, 0.25) is 10.0 Å². The molecular weight excluding hydrogens is 442 g/mol. The van der Waals surface area contributed by atoms with Crippen LogP contribution < -0.4 is 4.74 Å². The summed E-state index contributed by atoms with van der Waals surface area (Å²) < 4.78 is 43.3. The van der Waals surface area contributed by atoms with E-state index in [4.69, 9.17) is 14.2 Å². The fraction of sp³-hybridized carbons (Fsp3) is 0.240. The SMILES string of the molecule is O=C(COc1ccccc1-c1ccccc1)OCc1cccc(S(=O)(=O)N2CCOCC2)c1. The lowest BCUT2D eigenvalue weighted by atomic mass is 10.1. The standard InChI is InChI=1S/C25H25NO6S/c27-25(19-31-24-12-5-4-11-23(24)21-8-2-1-3-9-21)32-18-20-7-6-10-22(17-20)33(28,29)26-13-15-30-16-14-26/h1-12,17H,13-16,18-19H2. The van der Waals surface area contributed by atoms with E-state index in [0.29, 0.717) is 37.6 Å². The van der Waals surface area contributed by atoms with Crippen LogP contribution in [0.5, 0.6) is 5.75 Å². The van der Waals surface area contributed by atoms with Crippen LogP contribution in [0.1, 0.15) is 5.56 Å². The van der Waals surface area contributed by atoms with Gasteiger partial charge in [0, 0.05) is 18.7 Å². The summed E-state index contributed by atoms with van der Waals surface area (Å²) >= 11 is 0. The third-order valence-electron chi connectivity index (χ3n) is 5.22. The molecule has 4 rings (SSSR count). The smallest absolute Gasteiger partial charge is 0.344 e. The number of benzene rings is 3. The van der Waals surface area contributed by atoms with Crippen LogP contribution in [-0.2, 0) is 30.9 Å². The highest BCUT2D eigenvalue weighted by Crippen LogP contribution is 2.29. The molecule has 8 heteroatoms. The lowest BCUT2D eigenvalue weighted by Gasteiger charge is -2.26. The molecule has 1 aliphatic heterocycles. The summed E-state index contributed by atoms with van der Waals surface area (Å²) in [7, 11) is -3.61. The molecule has 3 aromatic rings. The highest BCUT2D eigenvalue weighted by Gasteiger charge is 2.26. The summed E-state index contributed by atoms with van der Waals surface area (Å²) in [5.41, 5.74) is 2.45. The first-order chi connectivity index (χ1) is 16.0. The van der Waals surface area contributed by atoms with Gasteiger partial charge in [-0.25, -0.2) is 13.2 Å². The first-order valence-electron chi connectivity index (χ1n) is 10.6. The Bertz CT molecular complexity index is 1190. The van der Waals surface area contributed by atoms with Crippen molar-refractivity contribution in [1.29, 1.82) is 0 Å². The van der Waals surface area contributed by atoms with Crippen LogP contribution in [0.3, 0.4) is 0 Å². The van der Waals surface area contributed by atoms with Gasteiger partial charge in [-0.05, 0) is 29.3 Å². The molecular formula is C25H25NO6S. The van der Waals surface area contributed by atoms with Crippen LogP contribution in [0, 0.1) is 0 Å². The zero-order valence-electron chi connectivity index (χ0n) is 18.1. The van der Waals surface area contributed by atoms with Crippen molar-refractivity contribution in [2.24, 2.45) is 0 Å². The van der Waals surface area contributed by atoms with Crippen molar-refractivity contribution < 1.29 is 27.4 Å². The highest BCUT2D eigenvalue weighted by atomic mass is 32.2. The second-order valence-electron chi connectivity index (χ2n) is 7.48. The van der Waals surface area contributed by atoms with Gasteiger partial charge in [-0.15, -0.1) is 0 Å². The molecule has 0 aromatic heterocycles. The molecule has 1 heterocycles. The minimum absolute atomic E-state index is 0.0466. The van der Waals surface area contributed by atoms with Crippen molar-refractivity contribution in [3.8, 4) is 16.9 Å². The fourth-order valence-electron chi connectivity index (χ4n) is 3.52. The van der Waals surface area contributed by atoms with Gasteiger partial charge < -0.3 is 14.2 Å². The van der Waals surface area contributed by atoms with Crippen molar-refractivity contribution in [2.45, 2.75) is 11.5 Å². The Morgan fingerprint density at radius 3 is 2.42 bits per heavy atom. The molecule has 0 bridgehead atoms. The van der Waals surface area contributed by atoms with Crippen LogP contribution in [0.25, 0.3) is 11.1 Å². The number of nitrogens with zero attached hydrogens (tertiary/aromatic N) is 1. The Morgan fingerprint density at radius 2 is 1.64 bits per heavy atom. The van der Waals surface area contributed by atoms with Crippen molar-refractivity contribution in [3.05, 3.63) is 84.4 Å². The Kier molecular flexibility index (Phi) is 7.39. The van der Waals surface area contributed by atoms with E-state index in [1.807, 2.05) is 48.5 Å². The van der Waals surface area contributed by atoms with E-state index in [1.165, 1.54) is 10.4 Å². The number of morpholine rings is 1. The molecule has 0 aliphatic carbocycles. The number of sulfonamides is 1. The molecule has 3 aromatic carbocycles. The van der Waals surface area contributed by atoms with E-state index in [-0.39, 0.29) is 18.1 Å². The highest BCUT2D eigenvalue weighted by molar-refractivity contribution is 7.89. The average molecular weight is 468 g/mol. The normalized spacial score (nSPS) is 14.5. The molecule has 1 fully saturated rings. The van der Waals surface area contributed by atoms with Gasteiger partial charge in [-0.3, -0.25) is 0 Å². The first-order valence-corrected chi connectivity index (χ1v) is 12.1. The van der Waals surface area contributed by atoms with Crippen LogP contribution in [-0.4, -0.2) is 51.6 Å². The fourth-order valence-corrected chi connectivity index (χ4v) is 5.00. The molecule has 0 spiro atoms. The lowest BCUT2D eigenvalue weighted by molar-refractivity contribution is -0.147. The minimum atomic E-state index is -3.61. The van der Waals surface area contributed by atoms with Crippen LogP contribution in [0.2, 0.25) is 0 Å². The third-order valence-corrected chi connectivity index (χ3v) is 7.12. The molecule has 0 unspecified atom stereocenters. The molecule has 7 nitrogen and oxygen atoms in total. The van der Waals surface area contributed by atoms with Crippen molar-refractivity contribution in [1.82, 2.24) is 4.31 Å². The Hall–Kier alpha value is -3.20. The number of para-hydroxylation sites is 1. The van der Waals surface area contributed by atoms with Gasteiger partial charge in [0.15, 0.2) is 6.61 Å². The van der Waals surface area contributed by atoms with Crippen molar-refractivity contribution in [2.75, 3.05) is 32.9 Å². The average Bonchev–Trinajstić information content (AvgIpc) is 2.87.